The zero-order valence-corrected chi connectivity index (χ0v) is 17.0. The number of sulfonamides is 1. The average molecular weight is 439 g/mol. The van der Waals surface area contributed by atoms with Crippen LogP contribution < -0.4 is 21.7 Å². The number of primary sulfonamides is 1. The number of aromatic nitrogens is 3. The van der Waals surface area contributed by atoms with Gasteiger partial charge in [0.05, 0.1) is 21.7 Å². The van der Waals surface area contributed by atoms with E-state index in [4.69, 9.17) is 5.14 Å². The van der Waals surface area contributed by atoms with Crippen LogP contribution in [-0.4, -0.2) is 28.4 Å². The molecule has 2 aromatic carbocycles. The molecule has 0 atom stereocenters. The number of carbonyl (C=O) groups excluding carboxylic acids is 1. The van der Waals surface area contributed by atoms with Crippen molar-refractivity contribution >= 4 is 32.7 Å². The van der Waals surface area contributed by atoms with Crippen LogP contribution in [0, 0.1) is 0 Å². The highest BCUT2D eigenvalue weighted by Crippen LogP contribution is 2.18. The summed E-state index contributed by atoms with van der Waals surface area (Å²) in [7, 11) is -2.26. The summed E-state index contributed by atoms with van der Waals surface area (Å²) in [6, 6.07) is 13.7. The van der Waals surface area contributed by atoms with Crippen molar-refractivity contribution in [3.63, 3.8) is 0 Å². The minimum Gasteiger partial charge on any atom is -0.344 e. The number of aryl methyl sites for hydroxylation is 1. The SMILES string of the molecule is Cn1cc(C(=O)Nc2ccc(S(N)(=O)=O)cc2)c2[nH]c(=O)n(-c3ccccc3)c(=O)c21. The second-order valence-corrected chi connectivity index (χ2v) is 8.37. The van der Waals surface area contributed by atoms with Gasteiger partial charge in [-0.2, -0.15) is 0 Å². The third-order valence-corrected chi connectivity index (χ3v) is 5.65. The van der Waals surface area contributed by atoms with Crippen LogP contribution in [0.4, 0.5) is 5.69 Å². The largest absolute Gasteiger partial charge is 0.344 e. The van der Waals surface area contributed by atoms with Gasteiger partial charge in [-0.15, -0.1) is 0 Å². The van der Waals surface area contributed by atoms with E-state index in [1.807, 2.05) is 0 Å². The molecule has 4 rings (SSSR count). The molecule has 0 aliphatic heterocycles. The van der Waals surface area contributed by atoms with E-state index in [-0.39, 0.29) is 21.5 Å². The Balaban J connectivity index is 1.76. The first-order valence-corrected chi connectivity index (χ1v) is 10.6. The summed E-state index contributed by atoms with van der Waals surface area (Å²) in [6.45, 7) is 0. The molecule has 2 heterocycles. The number of amides is 1. The summed E-state index contributed by atoms with van der Waals surface area (Å²) >= 11 is 0. The maximum absolute atomic E-state index is 13.0. The Kier molecular flexibility index (Phi) is 4.84. The topological polar surface area (TPSA) is 149 Å². The molecule has 158 valence electrons. The summed E-state index contributed by atoms with van der Waals surface area (Å²) in [5.74, 6) is -0.582. The van der Waals surface area contributed by atoms with Gasteiger partial charge in [0.1, 0.15) is 5.52 Å². The van der Waals surface area contributed by atoms with E-state index in [1.165, 1.54) is 35.0 Å². The van der Waals surface area contributed by atoms with Crippen LogP contribution in [0.25, 0.3) is 16.7 Å². The molecule has 10 nitrogen and oxygen atoms in total. The molecular weight excluding hydrogens is 422 g/mol. The number of hydrogen-bond acceptors (Lipinski definition) is 5. The fourth-order valence-corrected chi connectivity index (χ4v) is 3.80. The Morgan fingerprint density at radius 2 is 1.68 bits per heavy atom. The Morgan fingerprint density at radius 3 is 2.29 bits per heavy atom. The van der Waals surface area contributed by atoms with Crippen LogP contribution in [0.3, 0.4) is 0 Å². The van der Waals surface area contributed by atoms with Gasteiger partial charge in [0, 0.05) is 18.9 Å². The number of nitrogens with two attached hydrogens (primary N) is 1. The van der Waals surface area contributed by atoms with E-state index < -0.39 is 27.2 Å². The molecule has 1 amide bonds. The molecule has 0 saturated heterocycles. The van der Waals surface area contributed by atoms with Crippen molar-refractivity contribution < 1.29 is 13.2 Å². The Hall–Kier alpha value is -3.96. The first-order valence-electron chi connectivity index (χ1n) is 9.01. The maximum atomic E-state index is 13.0. The molecule has 0 unspecified atom stereocenters. The highest BCUT2D eigenvalue weighted by molar-refractivity contribution is 7.89. The van der Waals surface area contributed by atoms with E-state index in [2.05, 4.69) is 10.3 Å². The number of para-hydroxylation sites is 1. The lowest BCUT2D eigenvalue weighted by Crippen LogP contribution is -2.34. The normalized spacial score (nSPS) is 11.5. The number of rotatable bonds is 4. The summed E-state index contributed by atoms with van der Waals surface area (Å²) in [5, 5.41) is 7.67. The second kappa shape index (κ2) is 7.38. The fraction of sp³-hybridized carbons (Fsp3) is 0.0500. The number of benzene rings is 2. The number of nitrogens with zero attached hydrogens (tertiary/aromatic N) is 2. The van der Waals surface area contributed by atoms with Crippen molar-refractivity contribution in [1.82, 2.24) is 14.1 Å². The maximum Gasteiger partial charge on any atom is 0.333 e. The zero-order valence-electron chi connectivity index (χ0n) is 16.2. The first-order chi connectivity index (χ1) is 14.7. The van der Waals surface area contributed by atoms with Crippen molar-refractivity contribution in [2.45, 2.75) is 4.90 Å². The van der Waals surface area contributed by atoms with E-state index in [1.54, 1.807) is 37.4 Å². The second-order valence-electron chi connectivity index (χ2n) is 6.81. The van der Waals surface area contributed by atoms with Gasteiger partial charge in [-0.3, -0.25) is 9.59 Å². The van der Waals surface area contributed by atoms with Crippen molar-refractivity contribution in [3.05, 3.63) is 87.2 Å². The number of H-pyrrole nitrogens is 1. The van der Waals surface area contributed by atoms with Gasteiger partial charge in [-0.25, -0.2) is 22.9 Å². The number of nitrogens with one attached hydrogen (secondary N) is 2. The summed E-state index contributed by atoms with van der Waals surface area (Å²) < 4.78 is 25.2. The standard InChI is InChI=1S/C20H17N5O5S/c1-24-11-15(18(26)22-12-7-9-14(10-8-12)31(21,29)30)16-17(24)19(27)25(20(28)23-16)13-5-3-2-4-6-13/h2-11H,1H3,(H,22,26)(H,23,28)(H2,21,29,30). The third kappa shape index (κ3) is 3.67. The Morgan fingerprint density at radius 1 is 1.03 bits per heavy atom. The molecule has 0 saturated carbocycles. The van der Waals surface area contributed by atoms with Crippen LogP contribution in [0.15, 0.2) is 75.3 Å². The summed E-state index contributed by atoms with van der Waals surface area (Å²) in [5.41, 5.74) is -0.193. The lowest BCUT2D eigenvalue weighted by Gasteiger charge is -2.07. The van der Waals surface area contributed by atoms with Crippen molar-refractivity contribution in [2.75, 3.05) is 5.32 Å². The van der Waals surface area contributed by atoms with Crippen LogP contribution in [0.5, 0.6) is 0 Å². The van der Waals surface area contributed by atoms with Gasteiger partial charge >= 0.3 is 5.69 Å². The van der Waals surface area contributed by atoms with Crippen LogP contribution in [0.1, 0.15) is 10.4 Å². The molecular formula is C20H17N5O5S. The van der Waals surface area contributed by atoms with Crippen LogP contribution in [-0.2, 0) is 17.1 Å². The third-order valence-electron chi connectivity index (χ3n) is 4.72. The molecule has 4 N–H and O–H groups in total. The van der Waals surface area contributed by atoms with Crippen LogP contribution in [0.2, 0.25) is 0 Å². The predicted molar refractivity (Wildman–Crippen MR) is 115 cm³/mol. The molecule has 31 heavy (non-hydrogen) atoms. The van der Waals surface area contributed by atoms with Gasteiger partial charge in [-0.1, -0.05) is 18.2 Å². The quantitative estimate of drug-likeness (QED) is 0.432. The van der Waals surface area contributed by atoms with Gasteiger partial charge in [-0.05, 0) is 36.4 Å². The smallest absolute Gasteiger partial charge is 0.333 e. The van der Waals surface area contributed by atoms with Gasteiger partial charge in [0.15, 0.2) is 0 Å². The Labute approximate surface area is 175 Å². The fourth-order valence-electron chi connectivity index (χ4n) is 3.28. The minimum atomic E-state index is -3.86. The van der Waals surface area contributed by atoms with Gasteiger partial charge in [0.2, 0.25) is 10.0 Å². The minimum absolute atomic E-state index is 0.0856. The number of carbonyl (C=O) groups is 1. The molecule has 0 spiro atoms. The lowest BCUT2D eigenvalue weighted by atomic mass is 10.2. The van der Waals surface area contributed by atoms with Gasteiger partial charge < -0.3 is 14.9 Å². The highest BCUT2D eigenvalue weighted by Gasteiger charge is 2.20. The van der Waals surface area contributed by atoms with E-state index in [0.717, 1.165) is 4.57 Å². The average Bonchev–Trinajstić information content (AvgIpc) is 3.05. The monoisotopic (exact) mass is 439 g/mol. The van der Waals surface area contributed by atoms with E-state index in [9.17, 15) is 22.8 Å². The molecule has 11 heteroatoms. The first kappa shape index (κ1) is 20.3. The van der Waals surface area contributed by atoms with Gasteiger partial charge in [0.25, 0.3) is 11.5 Å². The number of fused-ring (bicyclic) bond motifs is 1. The molecule has 0 aliphatic carbocycles. The van der Waals surface area contributed by atoms with Crippen molar-refractivity contribution in [3.8, 4) is 5.69 Å². The molecule has 0 fully saturated rings. The molecule has 0 aliphatic rings. The zero-order chi connectivity index (χ0) is 22.3. The highest BCUT2D eigenvalue weighted by atomic mass is 32.2. The molecule has 4 aromatic rings. The molecule has 0 bridgehead atoms. The molecule has 2 aromatic heterocycles. The van der Waals surface area contributed by atoms with Crippen LogP contribution >= 0.6 is 0 Å². The number of anilines is 1. The summed E-state index contributed by atoms with van der Waals surface area (Å²) in [6.07, 6.45) is 1.44. The lowest BCUT2D eigenvalue weighted by molar-refractivity contribution is 0.102. The van der Waals surface area contributed by atoms with Crippen molar-refractivity contribution in [1.29, 1.82) is 0 Å². The Bertz CT molecular complexity index is 1530. The van der Waals surface area contributed by atoms with E-state index >= 15 is 0 Å². The number of hydrogen-bond donors (Lipinski definition) is 3. The molecule has 0 radical (unpaired) electrons. The summed E-state index contributed by atoms with van der Waals surface area (Å²) in [4.78, 5) is 41.0. The van der Waals surface area contributed by atoms with E-state index in [0.29, 0.717) is 11.4 Å². The predicted octanol–water partition coefficient (Wildman–Crippen LogP) is 0.917. The number of aromatic amines is 1. The van der Waals surface area contributed by atoms with Crippen molar-refractivity contribution in [2.24, 2.45) is 12.2 Å².